The fraction of sp³-hybridized carbons (Fsp3) is 0.467. The first kappa shape index (κ1) is 17.1. The van der Waals surface area contributed by atoms with Crippen molar-refractivity contribution in [3.05, 3.63) is 35.9 Å². The molecule has 0 heterocycles. The third-order valence-electron chi connectivity index (χ3n) is 3.02. The Morgan fingerprint density at radius 3 is 2.43 bits per heavy atom. The van der Waals surface area contributed by atoms with Gasteiger partial charge < -0.3 is 14.7 Å². The third kappa shape index (κ3) is 6.87. The summed E-state index contributed by atoms with van der Waals surface area (Å²) in [6, 6.07) is 9.66. The summed E-state index contributed by atoms with van der Waals surface area (Å²) in [5, 5.41) is 8.86. The van der Waals surface area contributed by atoms with Crippen LogP contribution >= 0.6 is 0 Å². The van der Waals surface area contributed by atoms with Crippen molar-refractivity contribution in [2.45, 2.75) is 6.54 Å². The van der Waals surface area contributed by atoms with Crippen molar-refractivity contribution < 1.29 is 19.4 Å². The Bertz CT molecular complexity index is 450. The van der Waals surface area contributed by atoms with Crippen LogP contribution in [0.2, 0.25) is 0 Å². The number of carbonyl (C=O) groups is 2. The first-order valence-electron chi connectivity index (χ1n) is 6.74. The highest BCUT2D eigenvalue weighted by molar-refractivity contribution is 5.79. The molecule has 0 saturated carbocycles. The predicted molar refractivity (Wildman–Crippen MR) is 78.9 cm³/mol. The molecule has 0 saturated heterocycles. The minimum Gasteiger partial charge on any atom is -0.480 e. The minimum absolute atomic E-state index is 0.0684. The van der Waals surface area contributed by atoms with E-state index in [1.165, 1.54) is 0 Å². The molecule has 1 rings (SSSR count). The summed E-state index contributed by atoms with van der Waals surface area (Å²) in [6.07, 6.45) is 0. The van der Waals surface area contributed by atoms with Gasteiger partial charge in [0.1, 0.15) is 0 Å². The Balaban J connectivity index is 2.52. The Labute approximate surface area is 124 Å². The van der Waals surface area contributed by atoms with E-state index in [-0.39, 0.29) is 19.0 Å². The second kappa shape index (κ2) is 9.10. The van der Waals surface area contributed by atoms with Gasteiger partial charge in [-0.2, -0.15) is 0 Å². The average Bonchev–Trinajstić information content (AvgIpc) is 2.45. The molecule has 116 valence electrons. The molecule has 0 aliphatic rings. The summed E-state index contributed by atoms with van der Waals surface area (Å²) in [4.78, 5) is 26.1. The van der Waals surface area contributed by atoms with Crippen LogP contribution in [0.3, 0.4) is 0 Å². The van der Waals surface area contributed by atoms with Gasteiger partial charge in [-0.3, -0.25) is 14.5 Å². The molecule has 1 aromatic rings. The molecule has 0 aromatic heterocycles. The van der Waals surface area contributed by atoms with E-state index in [0.29, 0.717) is 19.7 Å². The Morgan fingerprint density at radius 1 is 1.19 bits per heavy atom. The number of carboxylic acid groups (broad SMARTS) is 1. The van der Waals surface area contributed by atoms with Crippen molar-refractivity contribution in [2.75, 3.05) is 40.4 Å². The Morgan fingerprint density at radius 2 is 1.86 bits per heavy atom. The lowest BCUT2D eigenvalue weighted by Gasteiger charge is -2.23. The fourth-order valence-electron chi connectivity index (χ4n) is 1.88. The molecule has 0 bridgehead atoms. The normalized spacial score (nSPS) is 10.6. The van der Waals surface area contributed by atoms with E-state index in [1.807, 2.05) is 30.3 Å². The van der Waals surface area contributed by atoms with Crippen molar-refractivity contribution in [1.82, 2.24) is 9.80 Å². The molecular formula is C15H22N2O4. The maximum Gasteiger partial charge on any atom is 0.317 e. The van der Waals surface area contributed by atoms with Gasteiger partial charge in [-0.15, -0.1) is 0 Å². The van der Waals surface area contributed by atoms with Crippen LogP contribution in [-0.4, -0.2) is 67.2 Å². The molecule has 1 aromatic carbocycles. The monoisotopic (exact) mass is 294 g/mol. The number of ether oxygens (including phenoxy) is 1. The zero-order chi connectivity index (χ0) is 15.7. The quantitative estimate of drug-likeness (QED) is 0.725. The molecule has 0 unspecified atom stereocenters. The van der Waals surface area contributed by atoms with E-state index >= 15 is 0 Å². The van der Waals surface area contributed by atoms with Gasteiger partial charge in [0, 0.05) is 27.2 Å². The number of methoxy groups -OCH3 is 1. The lowest BCUT2D eigenvalue weighted by atomic mass is 10.2. The van der Waals surface area contributed by atoms with E-state index < -0.39 is 5.97 Å². The van der Waals surface area contributed by atoms with Crippen LogP contribution in [0.1, 0.15) is 5.56 Å². The van der Waals surface area contributed by atoms with Gasteiger partial charge in [0.25, 0.3) is 0 Å². The SMILES string of the molecule is COCCN(CC(=O)O)CC(=O)N(C)Cc1ccccc1. The number of aliphatic carboxylic acids is 1. The first-order valence-corrected chi connectivity index (χ1v) is 6.74. The predicted octanol–water partition coefficient (Wildman–Crippen LogP) is 0.678. The number of nitrogens with zero attached hydrogens (tertiary/aromatic N) is 2. The third-order valence-corrected chi connectivity index (χ3v) is 3.02. The van der Waals surface area contributed by atoms with E-state index in [0.717, 1.165) is 5.56 Å². The summed E-state index contributed by atoms with van der Waals surface area (Å²) in [7, 11) is 3.26. The lowest BCUT2D eigenvalue weighted by Crippen LogP contribution is -2.41. The number of likely N-dealkylation sites (N-methyl/N-ethyl adjacent to an activating group) is 1. The fourth-order valence-corrected chi connectivity index (χ4v) is 1.88. The number of rotatable bonds is 9. The molecule has 0 fully saturated rings. The second-order valence-electron chi connectivity index (χ2n) is 4.83. The summed E-state index contributed by atoms with van der Waals surface area (Å²) in [5.41, 5.74) is 1.04. The van der Waals surface area contributed by atoms with Crippen LogP contribution in [0.15, 0.2) is 30.3 Å². The largest absolute Gasteiger partial charge is 0.480 e. The van der Waals surface area contributed by atoms with E-state index in [1.54, 1.807) is 24.0 Å². The number of hydrogen-bond acceptors (Lipinski definition) is 4. The van der Waals surface area contributed by atoms with Crippen LogP contribution in [0.5, 0.6) is 0 Å². The maximum absolute atomic E-state index is 12.2. The van der Waals surface area contributed by atoms with Gasteiger partial charge in [-0.05, 0) is 5.56 Å². The highest BCUT2D eigenvalue weighted by atomic mass is 16.5. The molecule has 1 amide bonds. The molecule has 21 heavy (non-hydrogen) atoms. The zero-order valence-electron chi connectivity index (χ0n) is 12.5. The lowest BCUT2D eigenvalue weighted by molar-refractivity contribution is -0.139. The second-order valence-corrected chi connectivity index (χ2v) is 4.83. The van der Waals surface area contributed by atoms with Crippen LogP contribution in [-0.2, 0) is 20.9 Å². The van der Waals surface area contributed by atoms with Crippen molar-refractivity contribution in [3.8, 4) is 0 Å². The molecule has 6 heteroatoms. The summed E-state index contributed by atoms with van der Waals surface area (Å²) in [6.45, 7) is 1.20. The minimum atomic E-state index is -0.954. The number of benzene rings is 1. The van der Waals surface area contributed by atoms with Gasteiger partial charge >= 0.3 is 5.97 Å². The van der Waals surface area contributed by atoms with E-state index in [9.17, 15) is 9.59 Å². The van der Waals surface area contributed by atoms with Crippen LogP contribution in [0.25, 0.3) is 0 Å². The van der Waals surface area contributed by atoms with Crippen molar-refractivity contribution in [3.63, 3.8) is 0 Å². The number of hydrogen-bond donors (Lipinski definition) is 1. The summed E-state index contributed by atoms with van der Waals surface area (Å²) >= 11 is 0. The number of carboxylic acids is 1. The standard InChI is InChI=1S/C15H22N2O4/c1-16(10-13-6-4-3-5-7-13)14(18)11-17(8-9-21-2)12-15(19)20/h3-7H,8-12H2,1-2H3,(H,19,20). The van der Waals surface area contributed by atoms with Gasteiger partial charge in [-0.25, -0.2) is 0 Å². The molecule has 0 spiro atoms. The molecule has 0 radical (unpaired) electrons. The molecule has 6 nitrogen and oxygen atoms in total. The molecule has 0 atom stereocenters. The number of amides is 1. The number of carbonyl (C=O) groups excluding carboxylic acids is 1. The zero-order valence-corrected chi connectivity index (χ0v) is 12.5. The smallest absolute Gasteiger partial charge is 0.317 e. The average molecular weight is 294 g/mol. The van der Waals surface area contributed by atoms with Gasteiger partial charge in [0.15, 0.2) is 0 Å². The highest BCUT2D eigenvalue weighted by Gasteiger charge is 2.16. The molecule has 0 aliphatic carbocycles. The van der Waals surface area contributed by atoms with Gasteiger partial charge in [-0.1, -0.05) is 30.3 Å². The maximum atomic E-state index is 12.2. The first-order chi connectivity index (χ1) is 10.0. The summed E-state index contributed by atoms with van der Waals surface area (Å²) in [5.74, 6) is -1.07. The Kier molecular flexibility index (Phi) is 7.42. The van der Waals surface area contributed by atoms with Crippen LogP contribution in [0.4, 0.5) is 0 Å². The highest BCUT2D eigenvalue weighted by Crippen LogP contribution is 2.03. The van der Waals surface area contributed by atoms with Gasteiger partial charge in [0.05, 0.1) is 19.7 Å². The molecule has 0 aliphatic heterocycles. The van der Waals surface area contributed by atoms with Crippen molar-refractivity contribution in [2.24, 2.45) is 0 Å². The molecule has 1 N–H and O–H groups in total. The van der Waals surface area contributed by atoms with Crippen LogP contribution < -0.4 is 0 Å². The van der Waals surface area contributed by atoms with E-state index in [2.05, 4.69) is 0 Å². The van der Waals surface area contributed by atoms with Gasteiger partial charge in [0.2, 0.25) is 5.91 Å². The Hall–Kier alpha value is -1.92. The van der Waals surface area contributed by atoms with Crippen molar-refractivity contribution >= 4 is 11.9 Å². The molecular weight excluding hydrogens is 272 g/mol. The topological polar surface area (TPSA) is 70.1 Å². The van der Waals surface area contributed by atoms with Crippen LogP contribution in [0, 0.1) is 0 Å². The summed E-state index contributed by atoms with van der Waals surface area (Å²) < 4.78 is 4.93. The van der Waals surface area contributed by atoms with E-state index in [4.69, 9.17) is 9.84 Å². The van der Waals surface area contributed by atoms with Crippen molar-refractivity contribution in [1.29, 1.82) is 0 Å².